The van der Waals surface area contributed by atoms with E-state index in [1.807, 2.05) is 47.4 Å². The van der Waals surface area contributed by atoms with Crippen LogP contribution in [0, 0.1) is 0 Å². The Morgan fingerprint density at radius 2 is 1.76 bits per heavy atom. The van der Waals surface area contributed by atoms with Gasteiger partial charge in [-0.05, 0) is 41.5 Å². The van der Waals surface area contributed by atoms with Crippen molar-refractivity contribution < 1.29 is 0 Å². The predicted octanol–water partition coefficient (Wildman–Crippen LogP) is 4.49. The number of anilines is 1. The fraction of sp³-hybridized carbons (Fsp3) is 0.0625. The number of rotatable bonds is 3. The second kappa shape index (κ2) is 5.80. The number of nitrogens with two attached hydrogens (primary N) is 1. The third-order valence-electron chi connectivity index (χ3n) is 3.22. The molecule has 1 heterocycles. The molecule has 0 aliphatic heterocycles. The molecule has 0 amide bonds. The fourth-order valence-corrected chi connectivity index (χ4v) is 2.49. The average Bonchev–Trinajstić information content (AvgIpc) is 2.92. The molecule has 1 aromatic heterocycles. The van der Waals surface area contributed by atoms with Crippen molar-refractivity contribution in [2.24, 2.45) is 0 Å². The minimum Gasteiger partial charge on any atom is -0.399 e. The van der Waals surface area contributed by atoms with Crippen LogP contribution in [-0.2, 0) is 6.54 Å². The molecule has 0 spiro atoms. The Labute approximate surface area is 132 Å². The monoisotopic (exact) mass is 317 g/mol. The molecule has 0 radical (unpaired) electrons. The van der Waals surface area contributed by atoms with Crippen LogP contribution in [0.1, 0.15) is 5.56 Å². The maximum atomic E-state index is 6.17. The summed E-state index contributed by atoms with van der Waals surface area (Å²) in [7, 11) is 0. The van der Waals surface area contributed by atoms with E-state index in [1.54, 1.807) is 12.1 Å². The van der Waals surface area contributed by atoms with Gasteiger partial charge in [-0.2, -0.15) is 5.10 Å². The molecule has 0 saturated carbocycles. The molecule has 2 aromatic carbocycles. The van der Waals surface area contributed by atoms with Gasteiger partial charge < -0.3 is 5.73 Å². The van der Waals surface area contributed by atoms with E-state index in [9.17, 15) is 0 Å². The van der Waals surface area contributed by atoms with Gasteiger partial charge in [0.15, 0.2) is 0 Å². The molecule has 3 aromatic rings. The third-order valence-corrected chi connectivity index (χ3v) is 3.82. The van der Waals surface area contributed by atoms with Gasteiger partial charge in [0.2, 0.25) is 0 Å². The molecule has 21 heavy (non-hydrogen) atoms. The van der Waals surface area contributed by atoms with E-state index in [1.165, 1.54) is 0 Å². The number of hydrogen-bond donors (Lipinski definition) is 1. The summed E-state index contributed by atoms with van der Waals surface area (Å²) in [4.78, 5) is 0. The smallest absolute Gasteiger partial charge is 0.0674 e. The second-order valence-corrected chi connectivity index (χ2v) is 5.63. The Morgan fingerprint density at radius 3 is 2.52 bits per heavy atom. The van der Waals surface area contributed by atoms with Gasteiger partial charge in [-0.15, -0.1) is 0 Å². The van der Waals surface area contributed by atoms with Gasteiger partial charge in [-0.1, -0.05) is 35.3 Å². The van der Waals surface area contributed by atoms with E-state index in [0.717, 1.165) is 22.4 Å². The highest BCUT2D eigenvalue weighted by molar-refractivity contribution is 6.33. The Morgan fingerprint density at radius 1 is 1.00 bits per heavy atom. The standard InChI is InChI=1S/C16H13Cl2N3/c17-14-3-6-16(18)12(7-14)9-21-10-13(8-20-21)11-1-4-15(19)5-2-11/h1-8,10H,9,19H2. The normalized spacial score (nSPS) is 10.8. The van der Waals surface area contributed by atoms with Crippen LogP contribution < -0.4 is 5.73 Å². The summed E-state index contributed by atoms with van der Waals surface area (Å²) in [6.07, 6.45) is 3.80. The second-order valence-electron chi connectivity index (χ2n) is 4.78. The summed E-state index contributed by atoms with van der Waals surface area (Å²) >= 11 is 12.2. The van der Waals surface area contributed by atoms with Crippen LogP contribution in [0.4, 0.5) is 5.69 Å². The minimum atomic E-state index is 0.578. The van der Waals surface area contributed by atoms with E-state index in [0.29, 0.717) is 16.6 Å². The molecule has 0 saturated heterocycles. The van der Waals surface area contributed by atoms with Crippen LogP contribution >= 0.6 is 23.2 Å². The van der Waals surface area contributed by atoms with Gasteiger partial charge in [0, 0.05) is 27.5 Å². The molecular formula is C16H13Cl2N3. The van der Waals surface area contributed by atoms with Crippen LogP contribution in [0.3, 0.4) is 0 Å². The molecule has 3 rings (SSSR count). The van der Waals surface area contributed by atoms with Crippen molar-refractivity contribution in [1.29, 1.82) is 0 Å². The summed E-state index contributed by atoms with van der Waals surface area (Å²) in [6.45, 7) is 0.578. The molecule has 2 N–H and O–H groups in total. The summed E-state index contributed by atoms with van der Waals surface area (Å²) in [5, 5.41) is 5.72. The summed E-state index contributed by atoms with van der Waals surface area (Å²) < 4.78 is 1.84. The van der Waals surface area contributed by atoms with Crippen molar-refractivity contribution in [1.82, 2.24) is 9.78 Å². The predicted molar refractivity (Wildman–Crippen MR) is 87.6 cm³/mol. The van der Waals surface area contributed by atoms with Gasteiger partial charge in [0.05, 0.1) is 12.7 Å². The Balaban J connectivity index is 1.85. The van der Waals surface area contributed by atoms with Crippen LogP contribution in [-0.4, -0.2) is 9.78 Å². The molecule has 0 fully saturated rings. The van der Waals surface area contributed by atoms with Crippen molar-refractivity contribution >= 4 is 28.9 Å². The lowest BCUT2D eigenvalue weighted by atomic mass is 10.1. The molecule has 0 aliphatic rings. The molecule has 0 aliphatic carbocycles. The summed E-state index contributed by atoms with van der Waals surface area (Å²) in [6, 6.07) is 13.1. The molecule has 3 nitrogen and oxygen atoms in total. The zero-order chi connectivity index (χ0) is 14.8. The molecular weight excluding hydrogens is 305 g/mol. The quantitative estimate of drug-likeness (QED) is 0.723. The Hall–Kier alpha value is -1.97. The third kappa shape index (κ3) is 3.20. The lowest BCUT2D eigenvalue weighted by molar-refractivity contribution is 0.687. The number of hydrogen-bond acceptors (Lipinski definition) is 2. The van der Waals surface area contributed by atoms with E-state index in [-0.39, 0.29) is 0 Å². The van der Waals surface area contributed by atoms with E-state index >= 15 is 0 Å². The molecule has 106 valence electrons. The number of aromatic nitrogens is 2. The molecule has 0 bridgehead atoms. The van der Waals surface area contributed by atoms with Crippen LogP contribution in [0.5, 0.6) is 0 Å². The van der Waals surface area contributed by atoms with E-state index < -0.39 is 0 Å². The lowest BCUT2D eigenvalue weighted by Gasteiger charge is -2.05. The van der Waals surface area contributed by atoms with E-state index in [2.05, 4.69) is 5.10 Å². The Kier molecular flexibility index (Phi) is 3.86. The highest BCUT2D eigenvalue weighted by atomic mass is 35.5. The zero-order valence-electron chi connectivity index (χ0n) is 11.1. The van der Waals surface area contributed by atoms with Gasteiger partial charge in [-0.3, -0.25) is 4.68 Å². The highest BCUT2D eigenvalue weighted by Crippen LogP contribution is 2.23. The van der Waals surface area contributed by atoms with Crippen LogP contribution in [0.15, 0.2) is 54.9 Å². The maximum absolute atomic E-state index is 6.17. The van der Waals surface area contributed by atoms with Crippen molar-refractivity contribution in [3.05, 3.63) is 70.5 Å². The highest BCUT2D eigenvalue weighted by Gasteiger charge is 2.05. The first kappa shape index (κ1) is 14.0. The number of benzene rings is 2. The van der Waals surface area contributed by atoms with Gasteiger partial charge in [-0.25, -0.2) is 0 Å². The van der Waals surface area contributed by atoms with Crippen molar-refractivity contribution in [3.63, 3.8) is 0 Å². The van der Waals surface area contributed by atoms with Crippen molar-refractivity contribution in [3.8, 4) is 11.1 Å². The minimum absolute atomic E-state index is 0.578. The van der Waals surface area contributed by atoms with Gasteiger partial charge in [0.25, 0.3) is 0 Å². The first-order valence-electron chi connectivity index (χ1n) is 6.44. The van der Waals surface area contributed by atoms with E-state index in [4.69, 9.17) is 28.9 Å². The topological polar surface area (TPSA) is 43.8 Å². The molecule has 0 atom stereocenters. The number of halogens is 2. The first-order chi connectivity index (χ1) is 10.1. The van der Waals surface area contributed by atoms with Crippen LogP contribution in [0.25, 0.3) is 11.1 Å². The largest absolute Gasteiger partial charge is 0.399 e. The maximum Gasteiger partial charge on any atom is 0.0674 e. The Bertz CT molecular complexity index is 763. The zero-order valence-corrected chi connectivity index (χ0v) is 12.6. The van der Waals surface area contributed by atoms with Gasteiger partial charge >= 0.3 is 0 Å². The van der Waals surface area contributed by atoms with Crippen LogP contribution in [0.2, 0.25) is 10.0 Å². The first-order valence-corrected chi connectivity index (χ1v) is 7.20. The number of nitrogens with zero attached hydrogens (tertiary/aromatic N) is 2. The lowest BCUT2D eigenvalue weighted by Crippen LogP contribution is -2.00. The molecule has 0 unspecified atom stereocenters. The fourth-order valence-electron chi connectivity index (χ4n) is 2.11. The number of nitrogen functional groups attached to an aromatic ring is 1. The SMILES string of the molecule is Nc1ccc(-c2cnn(Cc3cc(Cl)ccc3Cl)c2)cc1. The molecule has 5 heteroatoms. The summed E-state index contributed by atoms with van der Waals surface area (Å²) in [5.41, 5.74) is 9.49. The summed E-state index contributed by atoms with van der Waals surface area (Å²) in [5.74, 6) is 0. The van der Waals surface area contributed by atoms with Crippen molar-refractivity contribution in [2.45, 2.75) is 6.54 Å². The van der Waals surface area contributed by atoms with Gasteiger partial charge in [0.1, 0.15) is 0 Å². The van der Waals surface area contributed by atoms with Crippen molar-refractivity contribution in [2.75, 3.05) is 5.73 Å². The average molecular weight is 318 g/mol.